The van der Waals surface area contributed by atoms with Gasteiger partial charge in [0.05, 0.1) is 11.9 Å². The third-order valence-electron chi connectivity index (χ3n) is 3.10. The highest BCUT2D eigenvalue weighted by atomic mass is 19.1. The highest BCUT2D eigenvalue weighted by Gasteiger charge is 2.15. The van der Waals surface area contributed by atoms with Crippen LogP contribution in [0.5, 0.6) is 0 Å². The molecule has 1 aliphatic rings. The van der Waals surface area contributed by atoms with Gasteiger partial charge in [0.15, 0.2) is 5.82 Å². The van der Waals surface area contributed by atoms with Crippen LogP contribution < -0.4 is 10.2 Å². The molecule has 2 aromatic rings. The normalized spacial score (nSPS) is 14.7. The molecule has 0 spiro atoms. The van der Waals surface area contributed by atoms with E-state index in [1.54, 1.807) is 24.4 Å². The number of aromatic nitrogens is 3. The van der Waals surface area contributed by atoms with Crippen molar-refractivity contribution in [1.82, 2.24) is 15.2 Å². The summed E-state index contributed by atoms with van der Waals surface area (Å²) in [5, 5.41) is 10.6. The number of hydrogen-bond donors (Lipinski definition) is 1. The predicted molar refractivity (Wildman–Crippen MR) is 71.0 cm³/mol. The molecule has 1 aromatic heterocycles. The zero-order chi connectivity index (χ0) is 13.1. The summed E-state index contributed by atoms with van der Waals surface area (Å²) in [5.74, 6) is 0.763. The molecule has 6 heteroatoms. The smallest absolute Gasteiger partial charge is 0.249 e. The maximum atomic E-state index is 13.5. The molecular weight excluding hydrogens is 245 g/mol. The molecular formula is C13H14FN5. The minimum absolute atomic E-state index is 0.314. The first-order chi connectivity index (χ1) is 9.33. The Hall–Kier alpha value is -2.24. The third-order valence-corrected chi connectivity index (χ3v) is 3.10. The molecule has 0 atom stereocenters. The molecule has 98 valence electrons. The number of hydrogen-bond acceptors (Lipinski definition) is 5. The van der Waals surface area contributed by atoms with Gasteiger partial charge < -0.3 is 10.2 Å². The number of para-hydroxylation sites is 1. The minimum Gasteiger partial charge on any atom is -0.355 e. The Morgan fingerprint density at radius 1 is 1.16 bits per heavy atom. The molecule has 3 rings (SSSR count). The summed E-state index contributed by atoms with van der Waals surface area (Å²) in [4.78, 5) is 6.52. The molecule has 1 aliphatic heterocycles. The van der Waals surface area contributed by atoms with Crippen molar-refractivity contribution in [1.29, 1.82) is 0 Å². The van der Waals surface area contributed by atoms with Gasteiger partial charge in [-0.15, -0.1) is 5.10 Å². The Morgan fingerprint density at radius 3 is 2.74 bits per heavy atom. The molecule has 2 heterocycles. The minimum atomic E-state index is -0.335. The highest BCUT2D eigenvalue weighted by molar-refractivity contribution is 5.55. The standard InChI is InChI=1S/C13H14FN5/c14-10-5-1-2-6-11(10)16-13-17-12(9-15-18-13)19-7-3-4-8-19/h1-2,5-6,9H,3-4,7-8H2,(H,16,17,18). The molecule has 0 saturated carbocycles. The summed E-state index contributed by atoms with van der Waals surface area (Å²) in [6, 6.07) is 6.42. The van der Waals surface area contributed by atoms with Gasteiger partial charge in [-0.05, 0) is 25.0 Å². The van der Waals surface area contributed by atoms with Crippen LogP contribution in [0.1, 0.15) is 12.8 Å². The Labute approximate surface area is 110 Å². The maximum Gasteiger partial charge on any atom is 0.249 e. The third kappa shape index (κ3) is 2.62. The van der Waals surface area contributed by atoms with E-state index >= 15 is 0 Å². The van der Waals surface area contributed by atoms with Crippen LogP contribution in [0.2, 0.25) is 0 Å². The van der Waals surface area contributed by atoms with Crippen molar-refractivity contribution >= 4 is 17.5 Å². The van der Waals surface area contributed by atoms with Gasteiger partial charge in [-0.25, -0.2) is 4.39 Å². The van der Waals surface area contributed by atoms with Gasteiger partial charge in [0.2, 0.25) is 5.95 Å². The molecule has 1 saturated heterocycles. The highest BCUT2D eigenvalue weighted by Crippen LogP contribution is 2.20. The molecule has 5 nitrogen and oxygen atoms in total. The molecule has 0 bridgehead atoms. The van der Waals surface area contributed by atoms with Crippen molar-refractivity contribution < 1.29 is 4.39 Å². The van der Waals surface area contributed by atoms with Crippen molar-refractivity contribution in [3.05, 3.63) is 36.3 Å². The first-order valence-corrected chi connectivity index (χ1v) is 6.29. The number of halogens is 1. The number of nitrogens with zero attached hydrogens (tertiary/aromatic N) is 4. The lowest BCUT2D eigenvalue weighted by molar-refractivity contribution is 0.631. The fraction of sp³-hybridized carbons (Fsp3) is 0.308. The van der Waals surface area contributed by atoms with Crippen LogP contribution in [0.15, 0.2) is 30.5 Å². The summed E-state index contributed by atoms with van der Waals surface area (Å²) in [6.07, 6.45) is 3.97. The second-order valence-electron chi connectivity index (χ2n) is 4.44. The van der Waals surface area contributed by atoms with E-state index in [0.717, 1.165) is 18.9 Å². The van der Waals surface area contributed by atoms with Crippen LogP contribution in [0.4, 0.5) is 21.8 Å². The van der Waals surface area contributed by atoms with Gasteiger partial charge in [0, 0.05) is 13.1 Å². The van der Waals surface area contributed by atoms with Crippen LogP contribution >= 0.6 is 0 Å². The van der Waals surface area contributed by atoms with E-state index in [2.05, 4.69) is 25.4 Å². The van der Waals surface area contributed by atoms with Crippen LogP contribution in [-0.2, 0) is 0 Å². The van der Waals surface area contributed by atoms with Gasteiger partial charge in [-0.3, -0.25) is 0 Å². The number of rotatable bonds is 3. The lowest BCUT2D eigenvalue weighted by Gasteiger charge is -2.15. The lowest BCUT2D eigenvalue weighted by atomic mass is 10.3. The van der Waals surface area contributed by atoms with E-state index in [1.165, 1.54) is 18.9 Å². The lowest BCUT2D eigenvalue weighted by Crippen LogP contribution is -2.20. The second-order valence-corrected chi connectivity index (χ2v) is 4.44. The van der Waals surface area contributed by atoms with Crippen molar-refractivity contribution in [2.75, 3.05) is 23.3 Å². The average molecular weight is 259 g/mol. The van der Waals surface area contributed by atoms with Gasteiger partial charge in [0.1, 0.15) is 5.82 Å². The topological polar surface area (TPSA) is 53.9 Å². The van der Waals surface area contributed by atoms with E-state index in [0.29, 0.717) is 11.6 Å². The molecule has 19 heavy (non-hydrogen) atoms. The summed E-state index contributed by atoms with van der Waals surface area (Å²) < 4.78 is 13.5. The van der Waals surface area contributed by atoms with Crippen LogP contribution in [-0.4, -0.2) is 28.3 Å². The van der Waals surface area contributed by atoms with Crippen molar-refractivity contribution in [2.45, 2.75) is 12.8 Å². The Morgan fingerprint density at radius 2 is 1.95 bits per heavy atom. The summed E-state index contributed by atoms with van der Waals surface area (Å²) in [6.45, 7) is 1.97. The van der Waals surface area contributed by atoms with Gasteiger partial charge >= 0.3 is 0 Å². The Kier molecular flexibility index (Phi) is 3.22. The number of nitrogens with one attached hydrogen (secondary N) is 1. The van der Waals surface area contributed by atoms with Gasteiger partial charge in [-0.2, -0.15) is 10.1 Å². The first kappa shape index (κ1) is 11.8. The molecule has 0 aliphatic carbocycles. The summed E-state index contributed by atoms with van der Waals surface area (Å²) >= 11 is 0. The largest absolute Gasteiger partial charge is 0.355 e. The summed E-state index contributed by atoms with van der Waals surface area (Å²) in [5.41, 5.74) is 0.350. The zero-order valence-corrected chi connectivity index (χ0v) is 10.4. The quantitative estimate of drug-likeness (QED) is 0.917. The number of benzene rings is 1. The van der Waals surface area contributed by atoms with E-state index < -0.39 is 0 Å². The Balaban J connectivity index is 1.81. The van der Waals surface area contributed by atoms with E-state index in [1.807, 2.05) is 0 Å². The summed E-state index contributed by atoms with van der Waals surface area (Å²) in [7, 11) is 0. The van der Waals surface area contributed by atoms with Crippen molar-refractivity contribution in [2.24, 2.45) is 0 Å². The molecule has 1 fully saturated rings. The zero-order valence-electron chi connectivity index (χ0n) is 10.4. The SMILES string of the molecule is Fc1ccccc1Nc1nncc(N2CCCC2)n1. The molecule has 1 aromatic carbocycles. The number of anilines is 3. The van der Waals surface area contributed by atoms with Crippen LogP contribution in [0.3, 0.4) is 0 Å². The van der Waals surface area contributed by atoms with Gasteiger partial charge in [-0.1, -0.05) is 12.1 Å². The van der Waals surface area contributed by atoms with Crippen LogP contribution in [0.25, 0.3) is 0 Å². The van der Waals surface area contributed by atoms with E-state index in [4.69, 9.17) is 0 Å². The van der Waals surface area contributed by atoms with Crippen molar-refractivity contribution in [3.8, 4) is 0 Å². The molecule has 0 unspecified atom stereocenters. The fourth-order valence-corrected chi connectivity index (χ4v) is 2.13. The van der Waals surface area contributed by atoms with E-state index in [-0.39, 0.29) is 5.82 Å². The Bertz CT molecular complexity index is 568. The van der Waals surface area contributed by atoms with Crippen LogP contribution in [0, 0.1) is 5.82 Å². The molecule has 1 N–H and O–H groups in total. The average Bonchev–Trinajstić information content (AvgIpc) is 2.96. The fourth-order valence-electron chi connectivity index (χ4n) is 2.13. The second kappa shape index (κ2) is 5.17. The van der Waals surface area contributed by atoms with E-state index in [9.17, 15) is 4.39 Å². The van der Waals surface area contributed by atoms with Gasteiger partial charge in [0.25, 0.3) is 0 Å². The monoisotopic (exact) mass is 259 g/mol. The molecule has 0 radical (unpaired) electrons. The first-order valence-electron chi connectivity index (χ1n) is 6.29. The van der Waals surface area contributed by atoms with Crippen molar-refractivity contribution in [3.63, 3.8) is 0 Å². The predicted octanol–water partition coefficient (Wildman–Crippen LogP) is 2.35. The maximum absolute atomic E-state index is 13.5. The molecule has 0 amide bonds.